The van der Waals surface area contributed by atoms with Crippen molar-refractivity contribution in [2.75, 3.05) is 13.2 Å². The van der Waals surface area contributed by atoms with Crippen LogP contribution in [0, 0.1) is 0 Å². The normalized spacial score (nSPS) is 12.8. The van der Waals surface area contributed by atoms with Crippen molar-refractivity contribution in [3.05, 3.63) is 97.2 Å². The molecule has 0 unspecified atom stereocenters. The van der Waals surface area contributed by atoms with E-state index in [1.807, 2.05) is 0 Å². The Balaban J connectivity index is 4.51. The lowest BCUT2D eigenvalue weighted by Gasteiger charge is -2.18. The van der Waals surface area contributed by atoms with Crippen LogP contribution in [0.5, 0.6) is 0 Å². The largest absolute Gasteiger partial charge is 0.462 e. The van der Waals surface area contributed by atoms with Gasteiger partial charge in [0.25, 0.3) is 0 Å². The first-order valence-electron chi connectivity index (χ1n) is 27.7. The number of rotatable bonds is 49. The molecule has 0 aromatic carbocycles. The van der Waals surface area contributed by atoms with Crippen LogP contribution in [0.4, 0.5) is 0 Å². The predicted molar refractivity (Wildman–Crippen MR) is 288 cm³/mol. The summed E-state index contributed by atoms with van der Waals surface area (Å²) >= 11 is 0. The minimum Gasteiger partial charge on any atom is -0.462 e. The summed E-state index contributed by atoms with van der Waals surface area (Å²) < 4.78 is 16.8. The Kier molecular flexibility index (Phi) is 51.9. The van der Waals surface area contributed by atoms with E-state index in [0.29, 0.717) is 19.3 Å². The Morgan fingerprint density at radius 2 is 0.552 bits per heavy atom. The second-order valence-electron chi connectivity index (χ2n) is 18.1. The zero-order valence-corrected chi connectivity index (χ0v) is 43.6. The predicted octanol–water partition coefficient (Wildman–Crippen LogP) is 18.5. The van der Waals surface area contributed by atoms with Crippen molar-refractivity contribution >= 4 is 17.9 Å². The molecule has 0 aliphatic rings. The number of hydrogen-bond donors (Lipinski definition) is 0. The highest BCUT2D eigenvalue weighted by molar-refractivity contribution is 5.71. The minimum absolute atomic E-state index is 0.110. The first kappa shape index (κ1) is 63.3. The highest BCUT2D eigenvalue weighted by atomic mass is 16.6. The second-order valence-corrected chi connectivity index (χ2v) is 18.1. The van der Waals surface area contributed by atoms with Crippen LogP contribution < -0.4 is 0 Å². The molecule has 0 rings (SSSR count). The zero-order chi connectivity index (χ0) is 48.6. The van der Waals surface area contributed by atoms with E-state index < -0.39 is 6.10 Å². The number of allylic oxidation sites excluding steroid dienone is 16. The summed E-state index contributed by atoms with van der Waals surface area (Å²) in [5, 5.41) is 0. The first-order chi connectivity index (χ1) is 33.0. The molecule has 67 heavy (non-hydrogen) atoms. The highest BCUT2D eigenvalue weighted by Gasteiger charge is 2.19. The molecule has 6 nitrogen and oxygen atoms in total. The van der Waals surface area contributed by atoms with Gasteiger partial charge in [0.05, 0.1) is 0 Å². The number of unbranched alkanes of at least 4 members (excludes halogenated alkanes) is 22. The third-order valence-electron chi connectivity index (χ3n) is 11.6. The number of esters is 3. The molecule has 0 aliphatic carbocycles. The van der Waals surface area contributed by atoms with Crippen LogP contribution in [0.1, 0.15) is 252 Å². The SMILES string of the molecule is CCCCC/C=C\C/C=C\C/C=C\C/C=C\CCCCCC(=O)OC[C@H](COC(=O)CCC/C=C\C/C=C\C/C=C\C/C=C\CCCCC)OC(=O)CCCCCCCCCCCCCCC. The van der Waals surface area contributed by atoms with Crippen LogP contribution in [0.2, 0.25) is 0 Å². The fraction of sp³-hybridized carbons (Fsp3) is 0.689. The summed E-state index contributed by atoms with van der Waals surface area (Å²) in [6.07, 6.45) is 72.5. The molecule has 0 aromatic rings. The molecule has 0 spiro atoms. The molecule has 0 heterocycles. The number of ether oxygens (including phenoxy) is 3. The van der Waals surface area contributed by atoms with Gasteiger partial charge in [0.2, 0.25) is 0 Å². The summed E-state index contributed by atoms with van der Waals surface area (Å²) in [7, 11) is 0. The Bertz CT molecular complexity index is 1350. The van der Waals surface area contributed by atoms with Gasteiger partial charge in [-0.2, -0.15) is 0 Å². The van der Waals surface area contributed by atoms with Crippen molar-refractivity contribution in [2.24, 2.45) is 0 Å². The maximum Gasteiger partial charge on any atom is 0.306 e. The summed E-state index contributed by atoms with van der Waals surface area (Å²) in [5.41, 5.74) is 0. The smallest absolute Gasteiger partial charge is 0.306 e. The topological polar surface area (TPSA) is 78.9 Å². The van der Waals surface area contributed by atoms with Crippen molar-refractivity contribution in [2.45, 2.75) is 258 Å². The quantitative estimate of drug-likeness (QED) is 0.0262. The lowest BCUT2D eigenvalue weighted by atomic mass is 10.0. The summed E-state index contributed by atoms with van der Waals surface area (Å²) in [5.74, 6) is -0.993. The third kappa shape index (κ3) is 53.2. The Hall–Kier alpha value is -3.67. The van der Waals surface area contributed by atoms with Gasteiger partial charge in [0.15, 0.2) is 6.10 Å². The van der Waals surface area contributed by atoms with Crippen molar-refractivity contribution in [3.8, 4) is 0 Å². The van der Waals surface area contributed by atoms with Crippen LogP contribution in [-0.4, -0.2) is 37.2 Å². The highest BCUT2D eigenvalue weighted by Crippen LogP contribution is 2.14. The van der Waals surface area contributed by atoms with Gasteiger partial charge in [-0.15, -0.1) is 0 Å². The van der Waals surface area contributed by atoms with Crippen molar-refractivity contribution < 1.29 is 28.6 Å². The van der Waals surface area contributed by atoms with Gasteiger partial charge in [-0.3, -0.25) is 14.4 Å². The third-order valence-corrected chi connectivity index (χ3v) is 11.6. The van der Waals surface area contributed by atoms with Gasteiger partial charge in [0, 0.05) is 19.3 Å². The number of carbonyl (C=O) groups excluding carboxylic acids is 3. The molecule has 0 radical (unpaired) electrons. The molecule has 0 aromatic heterocycles. The van der Waals surface area contributed by atoms with Gasteiger partial charge < -0.3 is 14.2 Å². The lowest BCUT2D eigenvalue weighted by molar-refractivity contribution is -0.167. The Morgan fingerprint density at radius 3 is 0.925 bits per heavy atom. The summed E-state index contributed by atoms with van der Waals surface area (Å²) in [4.78, 5) is 38.1. The molecule has 0 saturated heterocycles. The van der Waals surface area contributed by atoms with E-state index in [4.69, 9.17) is 14.2 Å². The van der Waals surface area contributed by atoms with Gasteiger partial charge in [-0.05, 0) is 103 Å². The minimum atomic E-state index is -0.812. The van der Waals surface area contributed by atoms with Crippen LogP contribution in [0.25, 0.3) is 0 Å². The Morgan fingerprint density at radius 1 is 0.299 bits per heavy atom. The van der Waals surface area contributed by atoms with E-state index >= 15 is 0 Å². The summed E-state index contributed by atoms with van der Waals surface area (Å²) in [6.45, 7) is 6.51. The first-order valence-corrected chi connectivity index (χ1v) is 27.7. The molecular formula is C61H102O6. The second kappa shape index (κ2) is 54.9. The molecule has 1 atom stereocenters. The molecule has 0 saturated carbocycles. The Labute approximate surface area is 413 Å². The maximum atomic E-state index is 12.8. The van der Waals surface area contributed by atoms with Crippen LogP contribution in [0.15, 0.2) is 97.2 Å². The van der Waals surface area contributed by atoms with Gasteiger partial charge in [-0.1, -0.05) is 227 Å². The maximum absolute atomic E-state index is 12.8. The van der Waals surface area contributed by atoms with E-state index in [9.17, 15) is 14.4 Å². The van der Waals surface area contributed by atoms with Crippen LogP contribution in [0.3, 0.4) is 0 Å². The fourth-order valence-corrected chi connectivity index (χ4v) is 7.36. The average Bonchev–Trinajstić information content (AvgIpc) is 3.33. The van der Waals surface area contributed by atoms with Gasteiger partial charge in [-0.25, -0.2) is 0 Å². The molecule has 0 bridgehead atoms. The molecule has 0 fully saturated rings. The lowest BCUT2D eigenvalue weighted by Crippen LogP contribution is -2.30. The van der Waals surface area contributed by atoms with Gasteiger partial charge >= 0.3 is 17.9 Å². The van der Waals surface area contributed by atoms with Gasteiger partial charge in [0.1, 0.15) is 13.2 Å². The fourth-order valence-electron chi connectivity index (χ4n) is 7.36. The molecule has 6 heteroatoms. The zero-order valence-electron chi connectivity index (χ0n) is 43.6. The van der Waals surface area contributed by atoms with Crippen LogP contribution >= 0.6 is 0 Å². The van der Waals surface area contributed by atoms with Crippen LogP contribution in [-0.2, 0) is 28.6 Å². The number of hydrogen-bond acceptors (Lipinski definition) is 6. The van der Waals surface area contributed by atoms with E-state index in [1.165, 1.54) is 116 Å². The van der Waals surface area contributed by atoms with Crippen molar-refractivity contribution in [1.82, 2.24) is 0 Å². The molecule has 382 valence electrons. The standard InChI is InChI=1S/C61H102O6/c1-4-7-10-13-16-19-22-25-27-29-30-32-34-37-39-42-45-48-51-54-60(63)66-57-58(67-61(64)55-52-49-46-43-40-35-24-21-18-15-12-9-6-3)56-65-59(62)53-50-47-44-41-38-36-33-31-28-26-23-20-17-14-11-8-5-2/h16-17,19-20,25-28,30,32-33,36-37,39,41,44,58H,4-15,18,21-24,29,31,34-35,38,40,42-43,45-57H2,1-3H3/b19-16-,20-17-,27-25-,28-26-,32-30-,36-33-,39-37-,44-41-/t58-/m0/s1. The van der Waals surface area contributed by atoms with E-state index in [0.717, 1.165) is 89.9 Å². The van der Waals surface area contributed by atoms with Crippen molar-refractivity contribution in [3.63, 3.8) is 0 Å². The molecular weight excluding hydrogens is 829 g/mol. The van der Waals surface area contributed by atoms with E-state index in [2.05, 4.69) is 118 Å². The monoisotopic (exact) mass is 931 g/mol. The molecule has 0 N–H and O–H groups in total. The molecule has 0 aliphatic heterocycles. The van der Waals surface area contributed by atoms with E-state index in [-0.39, 0.29) is 37.5 Å². The number of carbonyl (C=O) groups is 3. The average molecular weight is 931 g/mol. The van der Waals surface area contributed by atoms with E-state index in [1.54, 1.807) is 0 Å². The molecule has 0 amide bonds. The van der Waals surface area contributed by atoms with Crippen molar-refractivity contribution in [1.29, 1.82) is 0 Å². The summed E-state index contributed by atoms with van der Waals surface area (Å²) in [6, 6.07) is 0.